The van der Waals surface area contributed by atoms with Gasteiger partial charge in [-0.05, 0) is 85.0 Å². The summed E-state index contributed by atoms with van der Waals surface area (Å²) in [4.78, 5) is 8.97. The fraction of sp³-hybridized carbons (Fsp3) is 0.154. The molecule has 1 fully saturated rings. The molecule has 7 heteroatoms. The average molecular weight is 518 g/mol. The summed E-state index contributed by atoms with van der Waals surface area (Å²) in [7, 11) is 4.09. The van der Waals surface area contributed by atoms with Crippen LogP contribution < -0.4 is 15.1 Å². The minimum Gasteiger partial charge on any atom is -0.378 e. The molecule has 0 amide bonds. The molecule has 0 bridgehead atoms. The van der Waals surface area contributed by atoms with Gasteiger partial charge in [0.15, 0.2) is 5.11 Å². The third-order valence-electron chi connectivity index (χ3n) is 5.93. The van der Waals surface area contributed by atoms with E-state index in [1.54, 1.807) is 0 Å². The van der Waals surface area contributed by atoms with Gasteiger partial charge in [-0.25, -0.2) is 0 Å². The van der Waals surface area contributed by atoms with E-state index in [-0.39, 0.29) is 12.1 Å². The number of nitrogens with zero attached hydrogens (tertiary/aromatic N) is 4. The van der Waals surface area contributed by atoms with Crippen molar-refractivity contribution >= 4 is 44.6 Å². The lowest BCUT2D eigenvalue weighted by Gasteiger charge is -2.29. The summed E-state index contributed by atoms with van der Waals surface area (Å²) in [5.74, 6) is 0. The summed E-state index contributed by atoms with van der Waals surface area (Å²) < 4.78 is 3.28. The number of pyridine rings is 1. The van der Waals surface area contributed by atoms with Crippen LogP contribution in [-0.2, 0) is 0 Å². The van der Waals surface area contributed by atoms with Gasteiger partial charge >= 0.3 is 0 Å². The molecule has 166 valence electrons. The van der Waals surface area contributed by atoms with Gasteiger partial charge in [-0.15, -0.1) is 0 Å². The maximum Gasteiger partial charge on any atom is 0.174 e. The molecule has 0 spiro atoms. The number of rotatable bonds is 5. The van der Waals surface area contributed by atoms with Crippen molar-refractivity contribution in [1.29, 1.82) is 0 Å². The molecule has 2 unspecified atom stereocenters. The highest BCUT2D eigenvalue weighted by Crippen LogP contribution is 2.42. The van der Waals surface area contributed by atoms with Crippen LogP contribution in [0.3, 0.4) is 0 Å². The minimum absolute atomic E-state index is 0.0729. The number of anilines is 2. The molecule has 0 saturated carbocycles. The molecule has 5 rings (SSSR count). The number of thiocarbonyl (C=S) groups is 1. The molecule has 1 aliphatic rings. The largest absolute Gasteiger partial charge is 0.378 e. The maximum atomic E-state index is 5.87. The second-order valence-electron chi connectivity index (χ2n) is 8.19. The number of hydrogen-bond donors (Lipinski definition) is 1. The van der Waals surface area contributed by atoms with Gasteiger partial charge in [-0.1, -0.05) is 22.0 Å². The van der Waals surface area contributed by atoms with Crippen molar-refractivity contribution in [1.82, 2.24) is 14.9 Å². The summed E-state index contributed by atoms with van der Waals surface area (Å²) in [5, 5.41) is 4.24. The number of aromatic nitrogens is 2. The van der Waals surface area contributed by atoms with Crippen LogP contribution in [0.25, 0.3) is 5.69 Å². The third-order valence-corrected chi connectivity index (χ3v) is 6.77. The first-order chi connectivity index (χ1) is 16.0. The van der Waals surface area contributed by atoms with Crippen molar-refractivity contribution in [2.45, 2.75) is 12.1 Å². The van der Waals surface area contributed by atoms with Gasteiger partial charge in [0.2, 0.25) is 0 Å². The molecule has 3 heterocycles. The van der Waals surface area contributed by atoms with Crippen LogP contribution in [0.2, 0.25) is 0 Å². The molecule has 0 radical (unpaired) electrons. The fourth-order valence-corrected chi connectivity index (χ4v) is 4.93. The third kappa shape index (κ3) is 4.14. The summed E-state index contributed by atoms with van der Waals surface area (Å²) in [6, 6.07) is 26.9. The van der Waals surface area contributed by atoms with Gasteiger partial charge in [0, 0.05) is 53.7 Å². The van der Waals surface area contributed by atoms with Gasteiger partial charge in [0.25, 0.3) is 0 Å². The minimum atomic E-state index is -0.0867. The van der Waals surface area contributed by atoms with Gasteiger partial charge in [0.05, 0.1) is 11.7 Å². The van der Waals surface area contributed by atoms with Crippen LogP contribution >= 0.6 is 28.1 Å². The smallest absolute Gasteiger partial charge is 0.174 e. The Bertz CT molecular complexity index is 1250. The van der Waals surface area contributed by atoms with Crippen LogP contribution in [0.5, 0.6) is 0 Å². The Morgan fingerprint density at radius 1 is 0.909 bits per heavy atom. The fourth-order valence-electron chi connectivity index (χ4n) is 4.32. The SMILES string of the molecule is CN(C)c1ccc(N2C(=S)NC(c3ccccn3)C2c2cccn2-c2ccc(Br)cc2)cc1. The Balaban J connectivity index is 1.63. The van der Waals surface area contributed by atoms with Gasteiger partial charge in [0.1, 0.15) is 6.04 Å². The molecule has 1 aliphatic heterocycles. The summed E-state index contributed by atoms with van der Waals surface area (Å²) in [6.45, 7) is 0. The zero-order chi connectivity index (χ0) is 22.9. The Hall–Kier alpha value is -3.16. The van der Waals surface area contributed by atoms with Crippen molar-refractivity contribution in [3.05, 3.63) is 107 Å². The number of benzene rings is 2. The molecule has 0 aliphatic carbocycles. The van der Waals surface area contributed by atoms with E-state index in [9.17, 15) is 0 Å². The maximum absolute atomic E-state index is 5.87. The van der Waals surface area contributed by atoms with Crippen molar-refractivity contribution in [2.24, 2.45) is 0 Å². The lowest BCUT2D eigenvalue weighted by atomic mass is 10.0. The van der Waals surface area contributed by atoms with Crippen LogP contribution in [-0.4, -0.2) is 28.8 Å². The van der Waals surface area contributed by atoms with E-state index in [2.05, 4.69) is 114 Å². The average Bonchev–Trinajstić information content (AvgIpc) is 3.44. The molecule has 2 aromatic carbocycles. The van der Waals surface area contributed by atoms with E-state index < -0.39 is 0 Å². The predicted molar refractivity (Wildman–Crippen MR) is 142 cm³/mol. The topological polar surface area (TPSA) is 36.3 Å². The number of nitrogens with one attached hydrogen (secondary N) is 1. The molecule has 5 nitrogen and oxygen atoms in total. The van der Waals surface area contributed by atoms with E-state index in [1.165, 1.54) is 0 Å². The van der Waals surface area contributed by atoms with E-state index in [0.717, 1.165) is 32.9 Å². The molecule has 2 atom stereocenters. The second kappa shape index (κ2) is 9.00. The molecular formula is C26H24BrN5S. The van der Waals surface area contributed by atoms with Crippen LogP contribution in [0, 0.1) is 0 Å². The highest BCUT2D eigenvalue weighted by molar-refractivity contribution is 9.10. The molecular weight excluding hydrogens is 494 g/mol. The van der Waals surface area contributed by atoms with E-state index >= 15 is 0 Å². The van der Waals surface area contributed by atoms with Crippen LogP contribution in [0.15, 0.2) is 95.7 Å². The second-order valence-corrected chi connectivity index (χ2v) is 9.49. The van der Waals surface area contributed by atoms with Gasteiger partial charge < -0.3 is 19.7 Å². The van der Waals surface area contributed by atoms with Gasteiger partial charge in [-0.3, -0.25) is 4.98 Å². The van der Waals surface area contributed by atoms with E-state index in [1.807, 2.05) is 32.4 Å². The van der Waals surface area contributed by atoms with Crippen molar-refractivity contribution in [3.63, 3.8) is 0 Å². The summed E-state index contributed by atoms with van der Waals surface area (Å²) >= 11 is 9.41. The standard InChI is InChI=1S/C26H24BrN5S/c1-30(2)19-12-14-21(15-13-19)32-25(24(29-26(32)33)22-6-3-4-16-28-22)23-7-5-17-31(23)20-10-8-18(27)9-11-20/h3-17,24-25H,1-2H3,(H,29,33). The van der Waals surface area contributed by atoms with Crippen molar-refractivity contribution < 1.29 is 0 Å². The van der Waals surface area contributed by atoms with Crippen molar-refractivity contribution in [2.75, 3.05) is 23.9 Å². The summed E-state index contributed by atoms with van der Waals surface area (Å²) in [6.07, 6.45) is 3.93. The summed E-state index contributed by atoms with van der Waals surface area (Å²) in [5.41, 5.74) is 5.38. The highest BCUT2D eigenvalue weighted by atomic mass is 79.9. The number of halogens is 1. The Kier molecular flexibility index (Phi) is 5.91. The first kappa shape index (κ1) is 21.7. The highest BCUT2D eigenvalue weighted by Gasteiger charge is 2.42. The molecule has 33 heavy (non-hydrogen) atoms. The monoisotopic (exact) mass is 517 g/mol. The predicted octanol–water partition coefficient (Wildman–Crippen LogP) is 5.88. The van der Waals surface area contributed by atoms with Crippen LogP contribution in [0.4, 0.5) is 11.4 Å². The van der Waals surface area contributed by atoms with E-state index in [0.29, 0.717) is 5.11 Å². The Labute approximate surface area is 207 Å². The molecule has 1 N–H and O–H groups in total. The Morgan fingerprint density at radius 2 is 1.64 bits per heavy atom. The Morgan fingerprint density at radius 3 is 2.30 bits per heavy atom. The lowest BCUT2D eigenvalue weighted by Crippen LogP contribution is -2.30. The van der Waals surface area contributed by atoms with Crippen LogP contribution in [0.1, 0.15) is 23.5 Å². The van der Waals surface area contributed by atoms with Gasteiger partial charge in [-0.2, -0.15) is 0 Å². The molecule has 4 aromatic rings. The number of hydrogen-bond acceptors (Lipinski definition) is 3. The normalized spacial score (nSPS) is 17.8. The molecule has 2 aromatic heterocycles. The first-order valence-electron chi connectivity index (χ1n) is 10.7. The zero-order valence-corrected chi connectivity index (χ0v) is 20.8. The van der Waals surface area contributed by atoms with Crippen molar-refractivity contribution in [3.8, 4) is 5.69 Å². The lowest BCUT2D eigenvalue weighted by molar-refractivity contribution is 0.549. The van der Waals surface area contributed by atoms with E-state index in [4.69, 9.17) is 12.2 Å². The zero-order valence-electron chi connectivity index (χ0n) is 18.4. The molecule has 1 saturated heterocycles. The first-order valence-corrected chi connectivity index (χ1v) is 11.9. The quantitative estimate of drug-likeness (QED) is 0.334.